The summed E-state index contributed by atoms with van der Waals surface area (Å²) in [6, 6.07) is 2.38. The van der Waals surface area contributed by atoms with E-state index in [4.69, 9.17) is 0 Å². The first-order valence-corrected chi connectivity index (χ1v) is 8.22. The molecule has 1 heterocycles. The maximum atomic E-state index is 12.9. The number of rotatable bonds is 3. The highest BCUT2D eigenvalue weighted by molar-refractivity contribution is 7.91. The zero-order valence-corrected chi connectivity index (χ0v) is 13.0. The molecule has 0 radical (unpaired) electrons. The molecule has 124 valence electrons. The first-order chi connectivity index (χ1) is 10.6. The van der Waals surface area contributed by atoms with E-state index in [0.29, 0.717) is 6.07 Å². The van der Waals surface area contributed by atoms with Crippen molar-refractivity contribution in [1.82, 2.24) is 9.97 Å². The third-order valence-corrected chi connectivity index (χ3v) is 5.13. The minimum Gasteiger partial charge on any atom is -0.313 e. The molecule has 23 heavy (non-hydrogen) atoms. The molecule has 0 fully saturated rings. The predicted molar refractivity (Wildman–Crippen MR) is 77.8 cm³/mol. The summed E-state index contributed by atoms with van der Waals surface area (Å²) >= 11 is 0. The van der Waals surface area contributed by atoms with Gasteiger partial charge in [-0.05, 0) is 19.1 Å². The highest BCUT2D eigenvalue weighted by Crippen LogP contribution is 2.35. The Kier molecular flexibility index (Phi) is 4.34. The molecule has 0 saturated carbocycles. The van der Waals surface area contributed by atoms with E-state index in [9.17, 15) is 26.4 Å². The van der Waals surface area contributed by atoms with Gasteiger partial charge in [-0.3, -0.25) is 4.79 Å². The summed E-state index contributed by atoms with van der Waals surface area (Å²) in [6.45, 7) is 2.75. The van der Waals surface area contributed by atoms with Gasteiger partial charge in [0.05, 0.1) is 28.2 Å². The number of hydrogen-bond acceptors (Lipinski definition) is 4. The maximum absolute atomic E-state index is 12.9. The minimum absolute atomic E-state index is 0.0246. The van der Waals surface area contributed by atoms with Crippen LogP contribution in [0.2, 0.25) is 0 Å². The lowest BCUT2D eigenvalue weighted by Crippen LogP contribution is -2.14. The number of alkyl halides is 3. The van der Waals surface area contributed by atoms with Crippen molar-refractivity contribution in [2.75, 3.05) is 5.75 Å². The van der Waals surface area contributed by atoms with Crippen LogP contribution in [0.1, 0.15) is 18.1 Å². The maximum Gasteiger partial charge on any atom is 0.416 e. The Morgan fingerprint density at radius 3 is 2.48 bits per heavy atom. The van der Waals surface area contributed by atoms with Crippen LogP contribution in [0, 0.1) is 6.92 Å². The molecule has 0 amide bonds. The number of halogens is 3. The standard InChI is InChI=1S/C14H13F3N2O3S/c1-3-23(21,22)11-6-9(14(15,16)17)4-5-10(11)12-8(2)13(20)19-7-18-12/h4-7H,3H2,1-2H3,(H,18,19,20). The zero-order chi connectivity index (χ0) is 17.4. The molecule has 2 aromatic rings. The van der Waals surface area contributed by atoms with E-state index in [1.807, 2.05) is 0 Å². The van der Waals surface area contributed by atoms with E-state index in [-0.39, 0.29) is 22.6 Å². The van der Waals surface area contributed by atoms with Crippen LogP contribution in [0.25, 0.3) is 11.3 Å². The fraction of sp³-hybridized carbons (Fsp3) is 0.286. The Hall–Kier alpha value is -2.16. The van der Waals surface area contributed by atoms with Gasteiger partial charge >= 0.3 is 6.18 Å². The number of nitrogens with one attached hydrogen (secondary N) is 1. The average molecular weight is 346 g/mol. The predicted octanol–water partition coefficient (Wildman–Crippen LogP) is 2.56. The Balaban J connectivity index is 2.84. The average Bonchev–Trinajstić information content (AvgIpc) is 2.48. The monoisotopic (exact) mass is 346 g/mol. The summed E-state index contributed by atoms with van der Waals surface area (Å²) in [7, 11) is -3.94. The smallest absolute Gasteiger partial charge is 0.313 e. The lowest BCUT2D eigenvalue weighted by molar-refractivity contribution is -0.137. The van der Waals surface area contributed by atoms with Gasteiger partial charge < -0.3 is 4.98 Å². The highest BCUT2D eigenvalue weighted by atomic mass is 32.2. The minimum atomic E-state index is -4.67. The van der Waals surface area contributed by atoms with Crippen LogP contribution >= 0.6 is 0 Å². The molecule has 0 bridgehead atoms. The summed E-state index contributed by atoms with van der Waals surface area (Å²) in [5.41, 5.74) is -1.43. The van der Waals surface area contributed by atoms with Crippen molar-refractivity contribution >= 4 is 9.84 Å². The first kappa shape index (κ1) is 17.2. The quantitative estimate of drug-likeness (QED) is 0.926. The van der Waals surface area contributed by atoms with E-state index in [1.165, 1.54) is 13.8 Å². The van der Waals surface area contributed by atoms with Crippen LogP contribution < -0.4 is 5.56 Å². The van der Waals surface area contributed by atoms with Crippen molar-refractivity contribution in [1.29, 1.82) is 0 Å². The molecule has 0 unspecified atom stereocenters. The number of sulfone groups is 1. The Labute approximate surface area is 130 Å². The van der Waals surface area contributed by atoms with E-state index in [1.54, 1.807) is 0 Å². The molecule has 0 aliphatic heterocycles. The van der Waals surface area contributed by atoms with Gasteiger partial charge in [-0.15, -0.1) is 0 Å². The fourth-order valence-corrected chi connectivity index (χ4v) is 3.16. The molecule has 9 heteroatoms. The van der Waals surface area contributed by atoms with Crippen LogP contribution in [0.5, 0.6) is 0 Å². The third-order valence-electron chi connectivity index (χ3n) is 3.36. The largest absolute Gasteiger partial charge is 0.416 e. The first-order valence-electron chi connectivity index (χ1n) is 6.56. The van der Waals surface area contributed by atoms with E-state index >= 15 is 0 Å². The van der Waals surface area contributed by atoms with Gasteiger partial charge in [0, 0.05) is 11.1 Å². The van der Waals surface area contributed by atoms with Crippen LogP contribution in [0.3, 0.4) is 0 Å². The van der Waals surface area contributed by atoms with E-state index in [0.717, 1.165) is 18.5 Å². The van der Waals surface area contributed by atoms with Crippen molar-refractivity contribution in [3.8, 4) is 11.3 Å². The Morgan fingerprint density at radius 2 is 1.91 bits per heavy atom. The Morgan fingerprint density at radius 1 is 1.26 bits per heavy atom. The summed E-state index contributed by atoms with van der Waals surface area (Å²) in [5.74, 6) is -0.371. The van der Waals surface area contributed by atoms with Gasteiger partial charge in [0.1, 0.15) is 0 Å². The van der Waals surface area contributed by atoms with Crippen molar-refractivity contribution in [3.05, 3.63) is 46.0 Å². The lowest BCUT2D eigenvalue weighted by atomic mass is 10.1. The summed E-state index contributed by atoms with van der Waals surface area (Å²) in [6.07, 6.45) is -3.60. The molecule has 5 nitrogen and oxygen atoms in total. The number of aromatic amines is 1. The highest BCUT2D eigenvalue weighted by Gasteiger charge is 2.33. The summed E-state index contributed by atoms with van der Waals surface area (Å²) < 4.78 is 63.0. The molecule has 2 rings (SSSR count). The molecule has 0 aliphatic carbocycles. The summed E-state index contributed by atoms with van der Waals surface area (Å²) in [4.78, 5) is 17.4. The van der Waals surface area contributed by atoms with Crippen LogP contribution in [-0.2, 0) is 16.0 Å². The number of hydrogen-bond donors (Lipinski definition) is 1. The zero-order valence-electron chi connectivity index (χ0n) is 12.2. The number of nitrogens with zero attached hydrogens (tertiary/aromatic N) is 1. The van der Waals surface area contributed by atoms with Gasteiger partial charge in [0.15, 0.2) is 9.84 Å². The van der Waals surface area contributed by atoms with Crippen molar-refractivity contribution in [2.24, 2.45) is 0 Å². The lowest BCUT2D eigenvalue weighted by Gasteiger charge is -2.14. The second-order valence-electron chi connectivity index (χ2n) is 4.82. The summed E-state index contributed by atoms with van der Waals surface area (Å²) in [5, 5.41) is 0. The van der Waals surface area contributed by atoms with Crippen LogP contribution in [-0.4, -0.2) is 24.1 Å². The van der Waals surface area contributed by atoms with Crippen molar-refractivity contribution in [2.45, 2.75) is 24.9 Å². The van der Waals surface area contributed by atoms with Crippen LogP contribution in [0.15, 0.2) is 34.2 Å². The molecular formula is C14H13F3N2O3S. The SMILES string of the molecule is CCS(=O)(=O)c1cc(C(F)(F)F)ccc1-c1nc[nH]c(=O)c1C. The molecule has 1 aromatic carbocycles. The second kappa shape index (κ2) is 5.80. The molecule has 0 spiro atoms. The molecule has 0 atom stereocenters. The van der Waals surface area contributed by atoms with Gasteiger partial charge in [0.25, 0.3) is 5.56 Å². The number of aromatic nitrogens is 2. The van der Waals surface area contributed by atoms with Gasteiger partial charge in [-0.2, -0.15) is 13.2 Å². The van der Waals surface area contributed by atoms with Crippen molar-refractivity contribution < 1.29 is 21.6 Å². The van der Waals surface area contributed by atoms with E-state index in [2.05, 4.69) is 9.97 Å². The van der Waals surface area contributed by atoms with Gasteiger partial charge in [-0.1, -0.05) is 13.0 Å². The molecular weight excluding hydrogens is 333 g/mol. The van der Waals surface area contributed by atoms with Crippen LogP contribution in [0.4, 0.5) is 13.2 Å². The molecule has 1 aromatic heterocycles. The second-order valence-corrected chi connectivity index (χ2v) is 7.06. The van der Waals surface area contributed by atoms with Crippen molar-refractivity contribution in [3.63, 3.8) is 0 Å². The normalized spacial score (nSPS) is 12.4. The Bertz CT molecular complexity index is 902. The fourth-order valence-electron chi connectivity index (χ4n) is 2.05. The molecule has 1 N–H and O–H groups in total. The number of benzene rings is 1. The molecule has 0 saturated heterocycles. The van der Waals surface area contributed by atoms with Gasteiger partial charge in [0.2, 0.25) is 0 Å². The van der Waals surface area contributed by atoms with E-state index < -0.39 is 32.0 Å². The molecule has 0 aliphatic rings. The number of H-pyrrole nitrogens is 1. The third kappa shape index (κ3) is 3.29. The topological polar surface area (TPSA) is 79.9 Å². The van der Waals surface area contributed by atoms with Gasteiger partial charge in [-0.25, -0.2) is 13.4 Å².